The highest BCUT2D eigenvalue weighted by Gasteiger charge is 2.66. The SMILES string of the molecule is C#CC(=O)NC[C@]1(C)CCC[C@]2(C)C1CC[C@@]13C[C@@H](CCC21)C(=C)[C@@H]3O. The van der Waals surface area contributed by atoms with Gasteiger partial charge in [-0.2, -0.15) is 0 Å². The average molecular weight is 356 g/mol. The lowest BCUT2D eigenvalue weighted by atomic mass is 9.40. The fourth-order valence-electron chi connectivity index (χ4n) is 8.04. The van der Waals surface area contributed by atoms with Crippen LogP contribution in [0.1, 0.15) is 65.2 Å². The molecule has 7 atom stereocenters. The molecule has 2 N–H and O–H groups in total. The predicted octanol–water partition coefficient (Wildman–Crippen LogP) is 3.68. The van der Waals surface area contributed by atoms with E-state index in [1.54, 1.807) is 0 Å². The third-order valence-electron chi connectivity index (χ3n) is 9.12. The van der Waals surface area contributed by atoms with Crippen molar-refractivity contribution in [2.75, 3.05) is 6.54 Å². The maximum atomic E-state index is 11.7. The van der Waals surface area contributed by atoms with Gasteiger partial charge in [0.25, 0.3) is 5.91 Å². The summed E-state index contributed by atoms with van der Waals surface area (Å²) in [5.41, 5.74) is 1.50. The minimum absolute atomic E-state index is 0.0611. The number of rotatable bonds is 2. The van der Waals surface area contributed by atoms with Crippen molar-refractivity contribution in [2.24, 2.45) is 34.0 Å². The minimum Gasteiger partial charge on any atom is -0.388 e. The van der Waals surface area contributed by atoms with Crippen molar-refractivity contribution >= 4 is 5.91 Å². The Kier molecular flexibility index (Phi) is 4.08. The first-order chi connectivity index (χ1) is 12.3. The van der Waals surface area contributed by atoms with Crippen LogP contribution in [0.25, 0.3) is 0 Å². The largest absolute Gasteiger partial charge is 0.388 e. The molecule has 0 saturated heterocycles. The summed E-state index contributed by atoms with van der Waals surface area (Å²) in [7, 11) is 0. The number of hydrogen-bond donors (Lipinski definition) is 2. The van der Waals surface area contributed by atoms with Crippen LogP contribution in [0.5, 0.6) is 0 Å². The average Bonchev–Trinajstić information content (AvgIpc) is 2.80. The van der Waals surface area contributed by atoms with E-state index in [9.17, 15) is 9.90 Å². The summed E-state index contributed by atoms with van der Waals surface area (Å²) in [6.07, 6.45) is 14.3. The molecule has 142 valence electrons. The standard InChI is InChI=1S/C23H33NO2/c1-5-19(25)24-14-21(3)10-6-11-22(4)17(21)9-12-23-13-16(7-8-18(22)23)15(2)20(23)26/h1,16-18,20,26H,2,6-14H2,3-4H3,(H,24,25)/t16-,17?,18?,20+,21+,22-,23-/m1/s1. The number of nitrogens with one attached hydrogen (secondary N) is 1. The van der Waals surface area contributed by atoms with Crippen LogP contribution >= 0.6 is 0 Å². The number of terminal acetylenes is 1. The Bertz CT molecular complexity index is 678. The van der Waals surface area contributed by atoms with Crippen molar-refractivity contribution in [1.29, 1.82) is 0 Å². The zero-order valence-corrected chi connectivity index (χ0v) is 16.3. The number of carbonyl (C=O) groups excluding carboxylic acids is 1. The molecule has 0 radical (unpaired) electrons. The summed E-state index contributed by atoms with van der Waals surface area (Å²) in [5.74, 6) is 3.57. The van der Waals surface area contributed by atoms with Crippen molar-refractivity contribution in [1.82, 2.24) is 5.32 Å². The molecule has 0 heterocycles. The lowest BCUT2D eigenvalue weighted by Crippen LogP contribution is -2.60. The summed E-state index contributed by atoms with van der Waals surface area (Å²) in [5, 5.41) is 14.1. The molecule has 0 aromatic carbocycles. The van der Waals surface area contributed by atoms with E-state index in [4.69, 9.17) is 6.42 Å². The number of aliphatic hydroxyl groups is 1. The van der Waals surface area contributed by atoms with Gasteiger partial charge in [-0.1, -0.05) is 26.8 Å². The Labute approximate surface area is 158 Å². The second kappa shape index (κ2) is 5.86. The molecule has 0 aliphatic heterocycles. The number of amides is 1. The van der Waals surface area contributed by atoms with Crippen LogP contribution in [0.15, 0.2) is 12.2 Å². The quantitative estimate of drug-likeness (QED) is 0.586. The zero-order valence-electron chi connectivity index (χ0n) is 16.3. The lowest BCUT2D eigenvalue weighted by Gasteiger charge is -2.64. The highest BCUT2D eigenvalue weighted by atomic mass is 16.3. The van der Waals surface area contributed by atoms with Crippen LogP contribution in [0.2, 0.25) is 0 Å². The molecule has 4 rings (SSSR count). The Morgan fingerprint density at radius 1 is 1.27 bits per heavy atom. The van der Waals surface area contributed by atoms with Crippen LogP contribution in [-0.4, -0.2) is 23.7 Å². The molecule has 4 aliphatic rings. The molecule has 26 heavy (non-hydrogen) atoms. The minimum atomic E-state index is -0.313. The molecule has 1 spiro atoms. The fraction of sp³-hybridized carbons (Fsp3) is 0.783. The van der Waals surface area contributed by atoms with Gasteiger partial charge in [-0.3, -0.25) is 4.79 Å². The van der Waals surface area contributed by atoms with Gasteiger partial charge >= 0.3 is 0 Å². The number of aliphatic hydroxyl groups excluding tert-OH is 1. The molecule has 4 saturated carbocycles. The zero-order chi connectivity index (χ0) is 18.7. The molecule has 3 heteroatoms. The predicted molar refractivity (Wildman–Crippen MR) is 103 cm³/mol. The van der Waals surface area contributed by atoms with Gasteiger partial charge in [0.1, 0.15) is 0 Å². The number of hydrogen-bond acceptors (Lipinski definition) is 2. The Balaban J connectivity index is 1.65. The van der Waals surface area contributed by atoms with Crippen molar-refractivity contribution in [3.05, 3.63) is 12.2 Å². The molecular formula is C23H33NO2. The summed E-state index contributed by atoms with van der Waals surface area (Å²) in [6.45, 7) is 9.77. The molecule has 4 aliphatic carbocycles. The van der Waals surface area contributed by atoms with E-state index in [-0.39, 0.29) is 28.3 Å². The fourth-order valence-corrected chi connectivity index (χ4v) is 8.04. The van der Waals surface area contributed by atoms with Crippen molar-refractivity contribution in [3.8, 4) is 12.3 Å². The summed E-state index contributed by atoms with van der Waals surface area (Å²) >= 11 is 0. The van der Waals surface area contributed by atoms with E-state index < -0.39 is 0 Å². The molecule has 0 aromatic rings. The lowest BCUT2D eigenvalue weighted by molar-refractivity contribution is -0.170. The smallest absolute Gasteiger partial charge is 0.295 e. The van der Waals surface area contributed by atoms with E-state index in [1.807, 2.05) is 0 Å². The Morgan fingerprint density at radius 3 is 2.77 bits per heavy atom. The van der Waals surface area contributed by atoms with E-state index in [1.165, 1.54) is 25.7 Å². The van der Waals surface area contributed by atoms with Gasteiger partial charge in [-0.15, -0.1) is 6.42 Å². The molecule has 3 nitrogen and oxygen atoms in total. The maximum absolute atomic E-state index is 11.7. The van der Waals surface area contributed by atoms with Crippen molar-refractivity contribution in [2.45, 2.75) is 71.3 Å². The molecule has 0 aromatic heterocycles. The first kappa shape index (κ1) is 18.1. The third-order valence-corrected chi connectivity index (χ3v) is 9.12. The number of carbonyl (C=O) groups is 1. The van der Waals surface area contributed by atoms with E-state index >= 15 is 0 Å². The van der Waals surface area contributed by atoms with Gasteiger partial charge in [0.2, 0.25) is 0 Å². The Hall–Kier alpha value is -1.27. The topological polar surface area (TPSA) is 49.3 Å². The van der Waals surface area contributed by atoms with Crippen LogP contribution in [-0.2, 0) is 4.79 Å². The monoisotopic (exact) mass is 355 g/mol. The summed E-state index contributed by atoms with van der Waals surface area (Å²) < 4.78 is 0. The molecular weight excluding hydrogens is 322 g/mol. The molecule has 2 bridgehead atoms. The molecule has 1 amide bonds. The van der Waals surface area contributed by atoms with Gasteiger partial charge < -0.3 is 10.4 Å². The number of fused-ring (bicyclic) bond motifs is 3. The van der Waals surface area contributed by atoms with Gasteiger partial charge in [0.15, 0.2) is 0 Å². The highest BCUT2D eigenvalue weighted by Crippen LogP contribution is 2.72. The van der Waals surface area contributed by atoms with Gasteiger partial charge in [-0.05, 0) is 85.0 Å². The second-order valence-electron chi connectivity index (χ2n) is 10.2. The van der Waals surface area contributed by atoms with Crippen molar-refractivity contribution < 1.29 is 9.90 Å². The van der Waals surface area contributed by atoms with Gasteiger partial charge in [0.05, 0.1) is 6.10 Å². The van der Waals surface area contributed by atoms with Gasteiger partial charge in [-0.25, -0.2) is 0 Å². The summed E-state index contributed by atoms with van der Waals surface area (Å²) in [6, 6.07) is 0. The van der Waals surface area contributed by atoms with Crippen LogP contribution in [0.3, 0.4) is 0 Å². The second-order valence-corrected chi connectivity index (χ2v) is 10.2. The first-order valence-corrected chi connectivity index (χ1v) is 10.4. The summed E-state index contributed by atoms with van der Waals surface area (Å²) in [4.78, 5) is 11.7. The first-order valence-electron chi connectivity index (χ1n) is 10.4. The normalized spacial score (nSPS) is 49.7. The van der Waals surface area contributed by atoms with E-state index in [2.05, 4.69) is 31.7 Å². The van der Waals surface area contributed by atoms with E-state index in [0.29, 0.717) is 24.3 Å². The third kappa shape index (κ3) is 2.27. The van der Waals surface area contributed by atoms with Crippen LogP contribution in [0, 0.1) is 46.3 Å². The molecule has 2 unspecified atom stereocenters. The highest BCUT2D eigenvalue weighted by molar-refractivity contribution is 5.92. The van der Waals surface area contributed by atoms with Crippen molar-refractivity contribution in [3.63, 3.8) is 0 Å². The molecule has 4 fully saturated rings. The van der Waals surface area contributed by atoms with Crippen LogP contribution < -0.4 is 5.32 Å². The van der Waals surface area contributed by atoms with E-state index in [0.717, 1.165) is 31.3 Å². The Morgan fingerprint density at radius 2 is 2.04 bits per heavy atom. The maximum Gasteiger partial charge on any atom is 0.295 e. The van der Waals surface area contributed by atoms with Crippen LogP contribution in [0.4, 0.5) is 0 Å². The van der Waals surface area contributed by atoms with Gasteiger partial charge in [0, 0.05) is 12.0 Å².